The van der Waals surface area contributed by atoms with Gasteiger partial charge in [0.1, 0.15) is 0 Å². The van der Waals surface area contributed by atoms with Crippen molar-refractivity contribution in [3.8, 4) is 0 Å². The summed E-state index contributed by atoms with van der Waals surface area (Å²) in [6, 6.07) is 8.64. The molecular weight excluding hydrogens is 230 g/mol. The summed E-state index contributed by atoms with van der Waals surface area (Å²) in [4.78, 5) is 0. The molecule has 19 heavy (non-hydrogen) atoms. The van der Waals surface area contributed by atoms with Crippen LogP contribution >= 0.6 is 0 Å². The minimum atomic E-state index is 0.600. The third-order valence-electron chi connectivity index (χ3n) is 6.41. The third kappa shape index (κ3) is 1.81. The summed E-state index contributed by atoms with van der Waals surface area (Å²) in [7, 11) is 0. The monoisotopic (exact) mass is 255 g/mol. The van der Waals surface area contributed by atoms with E-state index < -0.39 is 0 Å². The van der Waals surface area contributed by atoms with Crippen LogP contribution in [0.25, 0.3) is 0 Å². The standard InChI is InChI=1S/C18H25N/c1-12(16-3-2-4-17(19)8-16)18-9-13-5-14(10-18)7-15(6-13)11-18/h2-4,8,12-15H,5-7,9-11,19H2,1H3. The largest absolute Gasteiger partial charge is 0.399 e. The van der Waals surface area contributed by atoms with Crippen LogP contribution in [0, 0.1) is 23.2 Å². The van der Waals surface area contributed by atoms with E-state index in [0.717, 1.165) is 23.4 Å². The first-order chi connectivity index (χ1) is 9.14. The van der Waals surface area contributed by atoms with Gasteiger partial charge in [-0.2, -0.15) is 0 Å². The first-order valence-electron chi connectivity index (χ1n) is 8.00. The van der Waals surface area contributed by atoms with Crippen molar-refractivity contribution in [1.29, 1.82) is 0 Å². The lowest BCUT2D eigenvalue weighted by Gasteiger charge is -2.59. The van der Waals surface area contributed by atoms with E-state index >= 15 is 0 Å². The van der Waals surface area contributed by atoms with Gasteiger partial charge in [0.2, 0.25) is 0 Å². The van der Waals surface area contributed by atoms with Gasteiger partial charge >= 0.3 is 0 Å². The number of nitrogens with two attached hydrogens (primary N) is 1. The van der Waals surface area contributed by atoms with Gasteiger partial charge in [-0.25, -0.2) is 0 Å². The molecule has 0 aromatic heterocycles. The molecule has 1 nitrogen and oxygen atoms in total. The maximum atomic E-state index is 5.99. The van der Waals surface area contributed by atoms with Gasteiger partial charge in [-0.1, -0.05) is 19.1 Å². The van der Waals surface area contributed by atoms with Crippen molar-refractivity contribution in [2.45, 2.75) is 51.4 Å². The summed E-state index contributed by atoms with van der Waals surface area (Å²) in [5.41, 5.74) is 8.99. The predicted molar refractivity (Wildman–Crippen MR) is 79.9 cm³/mol. The molecule has 2 N–H and O–H groups in total. The molecule has 1 aromatic rings. The Morgan fingerprint density at radius 1 is 1.05 bits per heavy atom. The molecule has 0 heterocycles. The Kier molecular flexibility index (Phi) is 2.49. The highest BCUT2D eigenvalue weighted by Gasteiger charge is 2.53. The number of hydrogen-bond acceptors (Lipinski definition) is 1. The van der Waals surface area contributed by atoms with E-state index in [9.17, 15) is 0 Å². The van der Waals surface area contributed by atoms with Crippen molar-refractivity contribution in [1.82, 2.24) is 0 Å². The van der Waals surface area contributed by atoms with Crippen molar-refractivity contribution in [2.24, 2.45) is 23.2 Å². The molecule has 1 heteroatoms. The molecule has 4 saturated carbocycles. The Morgan fingerprint density at radius 2 is 1.63 bits per heavy atom. The maximum Gasteiger partial charge on any atom is 0.0316 e. The van der Waals surface area contributed by atoms with E-state index in [2.05, 4.69) is 25.1 Å². The first kappa shape index (κ1) is 11.8. The fourth-order valence-corrected chi connectivity index (χ4v) is 5.89. The van der Waals surface area contributed by atoms with Crippen LogP contribution in [-0.4, -0.2) is 0 Å². The second-order valence-corrected chi connectivity index (χ2v) is 7.67. The molecule has 0 amide bonds. The third-order valence-corrected chi connectivity index (χ3v) is 6.41. The summed E-state index contributed by atoms with van der Waals surface area (Å²) < 4.78 is 0. The molecule has 0 aliphatic heterocycles. The SMILES string of the molecule is CC(c1cccc(N)c1)C12CC3CC(CC(C3)C1)C2. The predicted octanol–water partition coefficient (Wildman–Crippen LogP) is 4.59. The van der Waals surface area contributed by atoms with E-state index in [1.807, 2.05) is 6.07 Å². The zero-order valence-corrected chi connectivity index (χ0v) is 11.9. The highest BCUT2D eigenvalue weighted by molar-refractivity contribution is 5.42. The summed E-state index contributed by atoms with van der Waals surface area (Å²) >= 11 is 0. The molecule has 4 aliphatic carbocycles. The fourth-order valence-electron chi connectivity index (χ4n) is 5.89. The minimum Gasteiger partial charge on any atom is -0.399 e. The van der Waals surface area contributed by atoms with Gasteiger partial charge in [0, 0.05) is 5.69 Å². The number of benzene rings is 1. The zero-order valence-electron chi connectivity index (χ0n) is 11.9. The smallest absolute Gasteiger partial charge is 0.0316 e. The summed E-state index contributed by atoms with van der Waals surface area (Å²) in [6.45, 7) is 2.46. The molecule has 102 valence electrons. The molecule has 5 rings (SSSR count). The van der Waals surface area contributed by atoms with Gasteiger partial charge in [-0.3, -0.25) is 0 Å². The van der Waals surface area contributed by atoms with Crippen LogP contribution in [0.5, 0.6) is 0 Å². The van der Waals surface area contributed by atoms with Gasteiger partial charge < -0.3 is 5.73 Å². The zero-order chi connectivity index (χ0) is 13.0. The van der Waals surface area contributed by atoms with Crippen LogP contribution in [-0.2, 0) is 0 Å². The van der Waals surface area contributed by atoms with Crippen LogP contribution in [0.1, 0.15) is 56.9 Å². The van der Waals surface area contributed by atoms with E-state index in [0.29, 0.717) is 11.3 Å². The first-order valence-corrected chi connectivity index (χ1v) is 8.00. The Morgan fingerprint density at radius 3 is 2.16 bits per heavy atom. The van der Waals surface area contributed by atoms with Crippen molar-refractivity contribution in [3.05, 3.63) is 29.8 Å². The van der Waals surface area contributed by atoms with Gasteiger partial charge in [0.25, 0.3) is 0 Å². The average Bonchev–Trinajstić information content (AvgIpc) is 2.36. The number of hydrogen-bond donors (Lipinski definition) is 1. The minimum absolute atomic E-state index is 0.600. The van der Waals surface area contributed by atoms with Crippen LogP contribution in [0.15, 0.2) is 24.3 Å². The van der Waals surface area contributed by atoms with Crippen LogP contribution in [0.4, 0.5) is 5.69 Å². The Hall–Kier alpha value is -0.980. The number of rotatable bonds is 2. The van der Waals surface area contributed by atoms with E-state index in [4.69, 9.17) is 5.73 Å². The Balaban J connectivity index is 1.68. The molecule has 0 spiro atoms. The quantitative estimate of drug-likeness (QED) is 0.769. The lowest BCUT2D eigenvalue weighted by atomic mass is 9.46. The summed E-state index contributed by atoms with van der Waals surface area (Å²) in [6.07, 6.45) is 9.04. The highest BCUT2D eigenvalue weighted by atomic mass is 14.6. The van der Waals surface area contributed by atoms with Crippen LogP contribution < -0.4 is 5.73 Å². The van der Waals surface area contributed by atoms with Crippen molar-refractivity contribution >= 4 is 5.69 Å². The van der Waals surface area contributed by atoms with Crippen molar-refractivity contribution in [3.63, 3.8) is 0 Å². The molecule has 4 aliphatic rings. The topological polar surface area (TPSA) is 26.0 Å². The number of nitrogen functional groups attached to an aromatic ring is 1. The average molecular weight is 255 g/mol. The Labute approximate surface area is 116 Å². The Bertz CT molecular complexity index is 455. The van der Waals surface area contributed by atoms with Gasteiger partial charge in [-0.15, -0.1) is 0 Å². The number of anilines is 1. The van der Waals surface area contributed by atoms with E-state index in [1.165, 1.54) is 44.1 Å². The van der Waals surface area contributed by atoms with Crippen LogP contribution in [0.2, 0.25) is 0 Å². The second kappa shape index (κ2) is 4.01. The molecule has 0 saturated heterocycles. The van der Waals surface area contributed by atoms with E-state index in [-0.39, 0.29) is 0 Å². The lowest BCUT2D eigenvalue weighted by Crippen LogP contribution is -2.48. The van der Waals surface area contributed by atoms with Crippen molar-refractivity contribution < 1.29 is 0 Å². The maximum absolute atomic E-state index is 5.99. The van der Waals surface area contributed by atoms with E-state index in [1.54, 1.807) is 0 Å². The van der Waals surface area contributed by atoms with Gasteiger partial charge in [0.05, 0.1) is 0 Å². The summed E-state index contributed by atoms with van der Waals surface area (Å²) in [5.74, 6) is 3.80. The molecule has 1 aromatic carbocycles. The molecule has 4 fully saturated rings. The van der Waals surface area contributed by atoms with Gasteiger partial charge in [-0.05, 0) is 85.3 Å². The van der Waals surface area contributed by atoms with Crippen molar-refractivity contribution in [2.75, 3.05) is 5.73 Å². The lowest BCUT2D eigenvalue weighted by molar-refractivity contribution is -0.0655. The molecule has 0 radical (unpaired) electrons. The fraction of sp³-hybridized carbons (Fsp3) is 0.667. The summed E-state index contributed by atoms with van der Waals surface area (Å²) in [5, 5.41) is 0. The second-order valence-electron chi connectivity index (χ2n) is 7.67. The molecule has 1 atom stereocenters. The normalized spacial score (nSPS) is 41.4. The highest BCUT2D eigenvalue weighted by Crippen LogP contribution is 2.64. The molecular formula is C18H25N. The van der Waals surface area contributed by atoms with Gasteiger partial charge in [0.15, 0.2) is 0 Å². The molecule has 4 bridgehead atoms. The molecule has 1 unspecified atom stereocenters. The van der Waals surface area contributed by atoms with Crippen LogP contribution in [0.3, 0.4) is 0 Å².